The largest absolute Gasteiger partial charge is 0.496 e. The van der Waals surface area contributed by atoms with Gasteiger partial charge in [-0.3, -0.25) is 24.3 Å². The topological polar surface area (TPSA) is 299 Å². The highest BCUT2D eigenvalue weighted by molar-refractivity contribution is 5.90. The Balaban J connectivity index is 0.000000162. The van der Waals surface area contributed by atoms with Crippen LogP contribution in [0, 0.1) is 32.5 Å². The number of methoxy groups -OCH3 is 4. The van der Waals surface area contributed by atoms with Crippen molar-refractivity contribution in [1.29, 1.82) is 0 Å². The summed E-state index contributed by atoms with van der Waals surface area (Å²) in [6.07, 6.45) is -20.3. The molecule has 6 saturated heterocycles. The molecule has 143 heavy (non-hydrogen) atoms. The molecule has 3 amide bonds. The zero-order chi connectivity index (χ0) is 103. The number of aliphatic carboxylic acids is 2. The molecule has 41 heteroatoms. The molecule has 1 aliphatic carbocycles. The monoisotopic (exact) mass is 2000 g/mol. The van der Waals surface area contributed by atoms with Gasteiger partial charge in [0.1, 0.15) is 53.0 Å². The fourth-order valence-corrected chi connectivity index (χ4v) is 18.9. The number of ether oxygens (including phenoxy) is 7. The number of carboxylic acids is 3. The van der Waals surface area contributed by atoms with Crippen molar-refractivity contribution < 1.29 is 143 Å². The number of amides is 3. The number of hydrogen-bond acceptors (Lipinski definition) is 20. The van der Waals surface area contributed by atoms with Crippen molar-refractivity contribution in [2.75, 3.05) is 82.4 Å². The predicted octanol–water partition coefficient (Wildman–Crippen LogP) is 22.3. The van der Waals surface area contributed by atoms with Crippen LogP contribution in [0.15, 0.2) is 152 Å². The zero-order valence-electron chi connectivity index (χ0n) is 78.7. The summed E-state index contributed by atoms with van der Waals surface area (Å²) >= 11 is 0. The molecule has 9 heterocycles. The first-order valence-corrected chi connectivity index (χ1v) is 45.6. The minimum atomic E-state index is -5.06. The van der Waals surface area contributed by atoms with Crippen LogP contribution in [0.5, 0.6) is 17.2 Å². The van der Waals surface area contributed by atoms with Gasteiger partial charge in [-0.2, -0.15) is 52.7 Å². The van der Waals surface area contributed by atoms with Crippen molar-refractivity contribution >= 4 is 53.8 Å². The van der Waals surface area contributed by atoms with Gasteiger partial charge in [0, 0.05) is 79.3 Å². The maximum absolute atomic E-state index is 14.3. The highest BCUT2D eigenvalue weighted by Gasteiger charge is 2.49. The summed E-state index contributed by atoms with van der Waals surface area (Å²) in [6.45, 7) is 11.2. The first kappa shape index (κ1) is 103. The number of carbonyl (C=O) groups excluding carboxylic acids is 3. The molecular weight excluding hydrogens is 1910 g/mol. The molecule has 7 fully saturated rings. The minimum absolute atomic E-state index is 0.0272. The van der Waals surface area contributed by atoms with Crippen LogP contribution < -0.4 is 28.9 Å². The van der Waals surface area contributed by atoms with Gasteiger partial charge in [-0.15, -0.1) is 0 Å². The van der Waals surface area contributed by atoms with Gasteiger partial charge in [-0.1, -0.05) is 35.9 Å². The lowest BCUT2D eigenvalue weighted by atomic mass is 9.78. The molecule has 10 aromatic rings. The normalized spacial score (nSPS) is 20.1. The van der Waals surface area contributed by atoms with Gasteiger partial charge in [0.2, 0.25) is 5.95 Å². The number of cyclic esters (lactones) is 3. The average molecular weight is 2010 g/mol. The highest BCUT2D eigenvalue weighted by Crippen LogP contribution is 2.50. The molecule has 0 bridgehead atoms. The van der Waals surface area contributed by atoms with Crippen molar-refractivity contribution in [3.05, 3.63) is 247 Å². The number of halogens is 15. The van der Waals surface area contributed by atoms with Crippen LogP contribution >= 0.6 is 0 Å². The average Bonchev–Trinajstić information content (AvgIpc) is 1.60. The quantitative estimate of drug-likeness (QED) is 0.0335. The fourth-order valence-electron chi connectivity index (χ4n) is 18.9. The second kappa shape index (κ2) is 41.1. The van der Waals surface area contributed by atoms with Crippen LogP contribution in [0.1, 0.15) is 178 Å². The van der Waals surface area contributed by atoms with Gasteiger partial charge in [0.25, 0.3) is 5.92 Å². The smallest absolute Gasteiger partial charge is 0.416 e. The third-order valence-corrected chi connectivity index (χ3v) is 27.0. The molecule has 0 unspecified atom stereocenters. The van der Waals surface area contributed by atoms with Gasteiger partial charge in [-0.05, 0) is 251 Å². The molecule has 17 rings (SSSR count). The van der Waals surface area contributed by atoms with Gasteiger partial charge in [-0.25, -0.2) is 52.3 Å². The number of hydrogen-bond donors (Lipinski definition) is 3. The molecule has 6 atom stereocenters. The van der Waals surface area contributed by atoms with Gasteiger partial charge in [0.15, 0.2) is 0 Å². The van der Waals surface area contributed by atoms with E-state index in [-0.39, 0.29) is 73.1 Å². The molecule has 26 nitrogen and oxygen atoms in total. The van der Waals surface area contributed by atoms with E-state index in [9.17, 15) is 110 Å². The lowest BCUT2D eigenvalue weighted by Gasteiger charge is -2.39. The second-order valence-corrected chi connectivity index (χ2v) is 36.3. The number of aryl methyl sites for hydroxylation is 3. The van der Waals surface area contributed by atoms with E-state index in [1.807, 2.05) is 60.0 Å². The summed E-state index contributed by atoms with van der Waals surface area (Å²) in [5, 5.41) is 28.1. The summed E-state index contributed by atoms with van der Waals surface area (Å²) < 4.78 is 244. The number of carboxylic acid groups (broad SMARTS) is 3. The summed E-state index contributed by atoms with van der Waals surface area (Å²) in [6, 6.07) is 30.9. The van der Waals surface area contributed by atoms with Gasteiger partial charge >= 0.3 is 60.9 Å². The molecular formula is C102H99F15N10O16. The maximum atomic E-state index is 14.3. The van der Waals surface area contributed by atoms with Gasteiger partial charge in [0.05, 0.1) is 129 Å². The van der Waals surface area contributed by atoms with Crippen LogP contribution in [-0.2, 0) is 79.3 Å². The molecule has 3 aromatic heterocycles. The maximum Gasteiger partial charge on any atom is 0.416 e. The second-order valence-electron chi connectivity index (χ2n) is 36.3. The first-order valence-electron chi connectivity index (χ1n) is 45.6. The Kier molecular flexibility index (Phi) is 29.6. The van der Waals surface area contributed by atoms with Crippen LogP contribution in [0.4, 0.5) is 97.8 Å². The molecule has 7 aromatic carbocycles. The molecule has 3 N–H and O–H groups in total. The Hall–Kier alpha value is -14.2. The third kappa shape index (κ3) is 22.5. The number of aromatic nitrogens is 4. The van der Waals surface area contributed by atoms with E-state index >= 15 is 0 Å². The lowest BCUT2D eigenvalue weighted by molar-refractivity contribution is -0.144. The van der Waals surface area contributed by atoms with Crippen molar-refractivity contribution in [2.45, 2.75) is 185 Å². The van der Waals surface area contributed by atoms with E-state index in [1.54, 1.807) is 94.7 Å². The van der Waals surface area contributed by atoms with E-state index in [2.05, 4.69) is 9.97 Å². The minimum Gasteiger partial charge on any atom is -0.496 e. The Morgan fingerprint density at radius 2 is 0.958 bits per heavy atom. The first-order chi connectivity index (χ1) is 67.5. The van der Waals surface area contributed by atoms with Crippen LogP contribution in [0.3, 0.4) is 0 Å². The zero-order valence-corrected chi connectivity index (χ0v) is 78.7. The van der Waals surface area contributed by atoms with E-state index < -0.39 is 156 Å². The van der Waals surface area contributed by atoms with Crippen LogP contribution in [-0.4, -0.2) is 184 Å². The summed E-state index contributed by atoms with van der Waals surface area (Å²) in [5.74, 6) is -4.34. The summed E-state index contributed by atoms with van der Waals surface area (Å²) in [5.41, 5.74) is 4.70. The Labute approximate surface area is 810 Å². The fraction of sp³-hybridized carbons (Fsp3) is 0.392. The Bertz CT molecular complexity index is 6490. The SMILES string of the molecule is COc1ccc(-c2ccc(C(=O)O)cc2C)cc1-c1cnc(N2CC(OC)C2)nc1CN1C(=O)O[C@H](c2cc(C)cc(C(F)(F)F)c2)[C@@H]1C.COc1ccc(C2CCC(C(=O)O)CC2)cc1-c1ccc(N2CC(F)(F)C2)nc1CN1C(=O)O[C@H](c2cc(F)cc(C(F)(F)F)c2)[C@@H]1C.COc1ccc(CCC(=O)O)c(C)c1-c1ccc(N2CCC2)nc1CN1C(=O)O[C@H](c2cc(C(F)(F)F)cc(C(F)(F)F)c2)[C@@H]1C. The third-order valence-electron chi connectivity index (χ3n) is 27.0. The number of pyridine rings is 2. The molecule has 6 aliphatic heterocycles. The van der Waals surface area contributed by atoms with Crippen molar-refractivity contribution in [3.8, 4) is 61.8 Å². The van der Waals surface area contributed by atoms with Crippen LogP contribution in [0.25, 0.3) is 44.5 Å². The Morgan fingerprint density at radius 3 is 1.45 bits per heavy atom. The number of nitrogens with zero attached hydrogens (tertiary/aromatic N) is 10. The number of rotatable bonds is 26. The molecule has 0 radical (unpaired) electrons. The van der Waals surface area contributed by atoms with Gasteiger partial charge < -0.3 is 63.2 Å². The predicted molar refractivity (Wildman–Crippen MR) is 490 cm³/mol. The number of anilines is 3. The van der Waals surface area contributed by atoms with E-state index in [1.165, 1.54) is 47.9 Å². The summed E-state index contributed by atoms with van der Waals surface area (Å²) in [4.78, 5) is 102. The summed E-state index contributed by atoms with van der Waals surface area (Å²) in [7, 11) is 6.13. The van der Waals surface area contributed by atoms with Crippen LogP contribution in [0.2, 0.25) is 0 Å². The molecule has 1 saturated carbocycles. The number of carbonyl (C=O) groups is 6. The number of aromatic carboxylic acids is 1. The van der Waals surface area contributed by atoms with E-state index in [0.717, 1.165) is 77.2 Å². The standard InChI is InChI=1S/C36H35F3N4O6.C34H33F6N3O5.C32H31F6N3O5/c1-19-10-24(13-25(11-19)36(37,38)39)32-21(3)43(35(46)49-32)18-30-29(15-40-34(41-30)42-16-26(17-42)47-4)28-14-22(7-9-31(28)48-5)27-8-6-23(33(44)45)12-20(27)2;1-18-30(22-11-23(34(38,39)40)14-24(35)12-22)48-32(46)43(18)15-27-25(8-10-29(41-27)42-16-33(36,37)17-42)26-13-21(7-9-28(26)47-2)19-3-5-20(6-4-19)31(44)45;1-17-19(6-10-27(42)43)5-8-25(45-3)28(17)23-7-9-26(40-11-4-12-40)39-24(23)16-41-18(2)29(46-30(41)44)20-13-21(31(33,34)35)15-22(14-20)32(36,37)38/h6-15,21,26,32H,16-18H2,1-5H3,(H,44,45);7-14,18-20,30H,3-6,15-17H2,1-2H3,(H,44,45);5,7-9,13-15,18,29H,4,6,10-12,16H2,1-3H3,(H,42,43)/t21-,32-;18-,19?,20?,30-;18-,29-/m000/s1. The van der Waals surface area contributed by atoms with Crippen molar-refractivity contribution in [3.63, 3.8) is 0 Å². The molecule has 7 aliphatic rings. The lowest BCUT2D eigenvalue weighted by Crippen LogP contribution is -2.56. The van der Waals surface area contributed by atoms with E-state index in [4.69, 9.17) is 43.1 Å². The number of alkyl halides is 14. The van der Waals surface area contributed by atoms with E-state index in [0.29, 0.717) is 142 Å². The molecule has 0 spiro atoms. The Morgan fingerprint density at radius 1 is 0.483 bits per heavy atom. The van der Waals surface area contributed by atoms with Crippen molar-refractivity contribution in [2.24, 2.45) is 5.92 Å². The number of benzene rings is 7. The molecule has 758 valence electrons. The van der Waals surface area contributed by atoms with Crippen molar-refractivity contribution in [1.82, 2.24) is 34.6 Å². The highest BCUT2D eigenvalue weighted by atomic mass is 19.4.